The highest BCUT2D eigenvalue weighted by Crippen LogP contribution is 3.02. The SMILES string of the molecule is NCCC1CCC2C1C1CC13CC1(CN)CC213. The molecular weight excluding hydrogens is 208 g/mol. The van der Waals surface area contributed by atoms with Crippen LogP contribution in [-0.2, 0) is 0 Å². The predicted octanol–water partition coefficient (Wildman–Crippen LogP) is 1.74. The fraction of sp³-hybridized carbons (Fsp3) is 1.00. The molecule has 0 heterocycles. The Labute approximate surface area is 103 Å². The van der Waals surface area contributed by atoms with Crippen LogP contribution in [0.5, 0.6) is 0 Å². The van der Waals surface area contributed by atoms with Gasteiger partial charge >= 0.3 is 0 Å². The van der Waals surface area contributed by atoms with Crippen molar-refractivity contribution < 1.29 is 0 Å². The molecule has 5 aliphatic rings. The molecule has 5 fully saturated rings. The Bertz CT molecular complexity index is 408. The lowest BCUT2D eigenvalue weighted by molar-refractivity contribution is 0.0253. The zero-order valence-electron chi connectivity index (χ0n) is 10.6. The Balaban J connectivity index is 1.52. The van der Waals surface area contributed by atoms with Crippen LogP contribution in [0.1, 0.15) is 38.5 Å². The number of hydrogen-bond acceptors (Lipinski definition) is 2. The summed E-state index contributed by atoms with van der Waals surface area (Å²) in [7, 11) is 0. The van der Waals surface area contributed by atoms with Crippen molar-refractivity contribution in [2.45, 2.75) is 38.5 Å². The third-order valence-corrected chi connectivity index (χ3v) is 8.00. The summed E-state index contributed by atoms with van der Waals surface area (Å²) in [5.74, 6) is 4.21. The zero-order chi connectivity index (χ0) is 11.5. The lowest BCUT2D eigenvalue weighted by Crippen LogP contribution is -2.44. The van der Waals surface area contributed by atoms with Gasteiger partial charge in [0.2, 0.25) is 0 Å². The summed E-state index contributed by atoms with van der Waals surface area (Å²) >= 11 is 0. The van der Waals surface area contributed by atoms with E-state index in [1.165, 1.54) is 32.1 Å². The van der Waals surface area contributed by atoms with E-state index in [1.54, 1.807) is 6.42 Å². The first-order valence-corrected chi connectivity index (χ1v) is 7.65. The summed E-state index contributed by atoms with van der Waals surface area (Å²) in [5, 5.41) is 0. The molecule has 7 atom stereocenters. The molecule has 0 bridgehead atoms. The van der Waals surface area contributed by atoms with Gasteiger partial charge in [0, 0.05) is 0 Å². The van der Waals surface area contributed by atoms with E-state index in [0.717, 1.165) is 47.6 Å². The standard InChI is InChI=1S/C15H24N2/c16-4-3-9-1-2-10-12(9)11-5-14(11)6-13(8-17)7-15(10,13)14/h9-12H,1-8,16-17H2. The average Bonchev–Trinajstić information content (AvgIpc) is 3.07. The largest absolute Gasteiger partial charge is 0.330 e. The van der Waals surface area contributed by atoms with Crippen LogP contribution < -0.4 is 11.5 Å². The molecule has 5 saturated carbocycles. The highest BCUT2D eigenvalue weighted by molar-refractivity contribution is 5.45. The highest BCUT2D eigenvalue weighted by Gasteiger charge is 2.97. The van der Waals surface area contributed by atoms with E-state index < -0.39 is 0 Å². The number of rotatable bonds is 3. The van der Waals surface area contributed by atoms with Crippen LogP contribution in [0.4, 0.5) is 0 Å². The van der Waals surface area contributed by atoms with Gasteiger partial charge in [-0.2, -0.15) is 0 Å². The van der Waals surface area contributed by atoms with Crippen molar-refractivity contribution in [3.05, 3.63) is 0 Å². The van der Waals surface area contributed by atoms with Crippen molar-refractivity contribution in [1.82, 2.24) is 0 Å². The second-order valence-electron chi connectivity index (χ2n) is 7.87. The van der Waals surface area contributed by atoms with E-state index in [2.05, 4.69) is 0 Å². The molecule has 0 aliphatic heterocycles. The second kappa shape index (κ2) is 2.46. The fourth-order valence-corrected chi connectivity index (χ4v) is 7.68. The summed E-state index contributed by atoms with van der Waals surface area (Å²) in [6, 6.07) is 0. The molecule has 0 radical (unpaired) electrons. The molecule has 2 spiro atoms. The monoisotopic (exact) mass is 232 g/mol. The molecule has 17 heavy (non-hydrogen) atoms. The Morgan fingerprint density at radius 2 is 1.94 bits per heavy atom. The Hall–Kier alpha value is -0.0800. The van der Waals surface area contributed by atoms with E-state index in [0.29, 0.717) is 5.41 Å². The molecule has 0 saturated heterocycles. The van der Waals surface area contributed by atoms with Crippen LogP contribution in [0.25, 0.3) is 0 Å². The molecule has 94 valence electrons. The van der Waals surface area contributed by atoms with Gasteiger partial charge in [0.15, 0.2) is 0 Å². The minimum absolute atomic E-state index is 0.638. The van der Waals surface area contributed by atoms with Crippen molar-refractivity contribution >= 4 is 0 Å². The number of nitrogens with two attached hydrogens (primary N) is 2. The molecule has 5 aliphatic carbocycles. The van der Waals surface area contributed by atoms with Crippen molar-refractivity contribution in [2.24, 2.45) is 51.4 Å². The molecule has 0 aromatic heterocycles. The van der Waals surface area contributed by atoms with Crippen LogP contribution in [0.2, 0.25) is 0 Å². The number of hydrogen-bond donors (Lipinski definition) is 2. The molecule has 5 rings (SSSR count). The molecule has 7 unspecified atom stereocenters. The van der Waals surface area contributed by atoms with Gasteiger partial charge in [0.05, 0.1) is 0 Å². The number of fused-ring (bicyclic) bond motifs is 2. The first-order valence-electron chi connectivity index (χ1n) is 7.65. The first-order chi connectivity index (χ1) is 8.25. The molecule has 2 nitrogen and oxygen atoms in total. The van der Waals surface area contributed by atoms with Gasteiger partial charge in [0.1, 0.15) is 0 Å². The van der Waals surface area contributed by atoms with Gasteiger partial charge in [-0.1, -0.05) is 0 Å². The summed E-state index contributed by atoms with van der Waals surface area (Å²) < 4.78 is 0. The summed E-state index contributed by atoms with van der Waals surface area (Å²) in [6.07, 6.45) is 8.85. The molecule has 2 heteroatoms. The van der Waals surface area contributed by atoms with Gasteiger partial charge in [-0.3, -0.25) is 0 Å². The van der Waals surface area contributed by atoms with E-state index in [-0.39, 0.29) is 0 Å². The van der Waals surface area contributed by atoms with Gasteiger partial charge < -0.3 is 11.5 Å². The van der Waals surface area contributed by atoms with E-state index in [1.807, 2.05) is 0 Å². The van der Waals surface area contributed by atoms with Gasteiger partial charge in [-0.15, -0.1) is 0 Å². The van der Waals surface area contributed by atoms with Gasteiger partial charge in [0.25, 0.3) is 0 Å². The lowest BCUT2D eigenvalue weighted by Gasteiger charge is -2.45. The Morgan fingerprint density at radius 1 is 1.06 bits per heavy atom. The fourth-order valence-electron chi connectivity index (χ4n) is 7.68. The summed E-state index contributed by atoms with van der Waals surface area (Å²) in [6.45, 7) is 1.88. The Morgan fingerprint density at radius 3 is 2.65 bits per heavy atom. The average molecular weight is 232 g/mol. The third kappa shape index (κ3) is 0.710. The van der Waals surface area contributed by atoms with Crippen molar-refractivity contribution in [3.8, 4) is 0 Å². The van der Waals surface area contributed by atoms with Crippen LogP contribution >= 0.6 is 0 Å². The van der Waals surface area contributed by atoms with Crippen LogP contribution in [0, 0.1) is 39.9 Å². The van der Waals surface area contributed by atoms with Crippen LogP contribution in [-0.4, -0.2) is 13.1 Å². The minimum Gasteiger partial charge on any atom is -0.330 e. The summed E-state index contributed by atoms with van der Waals surface area (Å²) in [5.41, 5.74) is 14.1. The first kappa shape index (κ1) is 9.80. The quantitative estimate of drug-likeness (QED) is 0.778. The van der Waals surface area contributed by atoms with Crippen molar-refractivity contribution in [3.63, 3.8) is 0 Å². The van der Waals surface area contributed by atoms with Gasteiger partial charge in [-0.25, -0.2) is 0 Å². The van der Waals surface area contributed by atoms with E-state index in [9.17, 15) is 0 Å². The Kier molecular flexibility index (Phi) is 1.42. The normalized spacial score (nSPS) is 68.8. The zero-order valence-corrected chi connectivity index (χ0v) is 10.6. The van der Waals surface area contributed by atoms with E-state index in [4.69, 9.17) is 11.5 Å². The summed E-state index contributed by atoms with van der Waals surface area (Å²) in [4.78, 5) is 0. The van der Waals surface area contributed by atoms with Crippen LogP contribution in [0.3, 0.4) is 0 Å². The topological polar surface area (TPSA) is 52.0 Å². The van der Waals surface area contributed by atoms with Gasteiger partial charge in [-0.05, 0) is 91.5 Å². The highest BCUT2D eigenvalue weighted by atomic mass is 15.0. The maximum absolute atomic E-state index is 6.09. The smallest absolute Gasteiger partial charge is 0.00145 e. The van der Waals surface area contributed by atoms with E-state index >= 15 is 0 Å². The maximum atomic E-state index is 6.09. The minimum atomic E-state index is 0.638. The predicted molar refractivity (Wildman–Crippen MR) is 67.1 cm³/mol. The second-order valence-corrected chi connectivity index (χ2v) is 7.87. The molecule has 0 aromatic rings. The van der Waals surface area contributed by atoms with Crippen molar-refractivity contribution in [2.75, 3.05) is 13.1 Å². The van der Waals surface area contributed by atoms with Crippen LogP contribution in [0.15, 0.2) is 0 Å². The molecule has 4 N–H and O–H groups in total. The molecule has 0 amide bonds. The molecular formula is C15H24N2. The maximum Gasteiger partial charge on any atom is -0.00145 e. The lowest BCUT2D eigenvalue weighted by atomic mass is 9.59. The third-order valence-electron chi connectivity index (χ3n) is 8.00. The molecule has 0 aromatic carbocycles. The van der Waals surface area contributed by atoms with Crippen molar-refractivity contribution in [1.29, 1.82) is 0 Å².